The summed E-state index contributed by atoms with van der Waals surface area (Å²) in [4.78, 5) is 2.10. The van der Waals surface area contributed by atoms with Gasteiger partial charge in [0.2, 0.25) is 0 Å². The van der Waals surface area contributed by atoms with Crippen LogP contribution in [0.5, 0.6) is 0 Å². The first-order valence-corrected chi connectivity index (χ1v) is 15.9. The predicted octanol–water partition coefficient (Wildman–Crippen LogP) is 11.9. The fraction of sp³-hybridized carbons (Fsp3) is 0.474. The Bertz CT molecular complexity index is 1470. The zero-order valence-electron chi connectivity index (χ0n) is 28.3. The lowest BCUT2D eigenvalue weighted by Crippen LogP contribution is -2.27. The molecule has 0 unspecified atom stereocenters. The van der Waals surface area contributed by atoms with Crippen molar-refractivity contribution >= 4 is 11.4 Å². The standard InChI is InChI=1S/C38H48F6N2/c1-25(2)19-21-45-32-17-15-28(37(39,40)41)23-30(32)35(6,7)27(5)13-11-10-12-14-34-36(8,9)31-24-29(38(42,43)44)16-18-33(31)46(34)22-20-26(3)4/h10-18,23-26,45H,5,19-22H2,1-4,6-9H3. The molecule has 0 atom stereocenters. The van der Waals surface area contributed by atoms with Gasteiger partial charge in [0.05, 0.1) is 11.1 Å². The van der Waals surface area contributed by atoms with Crippen LogP contribution >= 0.6 is 0 Å². The summed E-state index contributed by atoms with van der Waals surface area (Å²) in [7, 11) is 0. The molecule has 0 radical (unpaired) electrons. The van der Waals surface area contributed by atoms with Crippen molar-refractivity contribution in [2.24, 2.45) is 11.8 Å². The fourth-order valence-electron chi connectivity index (χ4n) is 5.63. The van der Waals surface area contributed by atoms with Crippen LogP contribution in [0.3, 0.4) is 0 Å². The van der Waals surface area contributed by atoms with Gasteiger partial charge in [-0.2, -0.15) is 26.3 Å². The summed E-state index contributed by atoms with van der Waals surface area (Å²) in [6.45, 7) is 21.5. The number of nitrogens with one attached hydrogen (secondary N) is 1. The van der Waals surface area contributed by atoms with Crippen molar-refractivity contribution in [2.75, 3.05) is 23.3 Å². The van der Waals surface area contributed by atoms with Gasteiger partial charge in [-0.3, -0.25) is 0 Å². The van der Waals surface area contributed by atoms with Gasteiger partial charge in [0.25, 0.3) is 0 Å². The Morgan fingerprint density at radius 3 is 2.02 bits per heavy atom. The van der Waals surface area contributed by atoms with E-state index in [0.717, 1.165) is 36.4 Å². The Kier molecular flexibility index (Phi) is 11.4. The topological polar surface area (TPSA) is 15.3 Å². The normalized spacial score (nSPS) is 16.4. The summed E-state index contributed by atoms with van der Waals surface area (Å²) < 4.78 is 81.7. The number of allylic oxidation sites excluding steroid dienone is 7. The van der Waals surface area contributed by atoms with Gasteiger partial charge in [0.1, 0.15) is 0 Å². The third-order valence-corrected chi connectivity index (χ3v) is 8.78. The molecule has 3 rings (SSSR count). The second-order valence-corrected chi connectivity index (χ2v) is 14.0. The summed E-state index contributed by atoms with van der Waals surface area (Å²) in [6.07, 6.45) is 2.00. The first kappa shape index (κ1) is 37.0. The molecular formula is C38H48F6N2. The zero-order chi connectivity index (χ0) is 34.7. The average molecular weight is 647 g/mol. The van der Waals surface area contributed by atoms with Crippen LogP contribution in [0, 0.1) is 11.8 Å². The number of benzene rings is 2. The van der Waals surface area contributed by atoms with E-state index in [2.05, 4.69) is 44.5 Å². The van der Waals surface area contributed by atoms with Crippen molar-refractivity contribution < 1.29 is 26.3 Å². The van der Waals surface area contributed by atoms with Crippen LogP contribution < -0.4 is 10.2 Å². The molecule has 1 aliphatic heterocycles. The lowest BCUT2D eigenvalue weighted by atomic mass is 9.76. The van der Waals surface area contributed by atoms with Gasteiger partial charge in [0, 0.05) is 41.0 Å². The van der Waals surface area contributed by atoms with Crippen molar-refractivity contribution in [2.45, 2.75) is 91.4 Å². The number of rotatable bonds is 12. The predicted molar refractivity (Wildman–Crippen MR) is 179 cm³/mol. The van der Waals surface area contributed by atoms with E-state index in [9.17, 15) is 26.3 Å². The molecule has 0 saturated carbocycles. The lowest BCUT2D eigenvalue weighted by Gasteiger charge is -2.30. The smallest absolute Gasteiger partial charge is 0.385 e. The van der Waals surface area contributed by atoms with E-state index in [4.69, 9.17) is 0 Å². The SMILES string of the molecule is C=C(C=CC=CC=C1N(CCC(C)C)c2ccc(C(F)(F)F)cc2C1(C)C)C(C)(C)c1cc(C(F)(F)F)ccc1NCCC(C)C. The van der Waals surface area contributed by atoms with Crippen LogP contribution in [-0.4, -0.2) is 13.1 Å². The number of halogens is 6. The number of alkyl halides is 6. The molecule has 0 fully saturated rings. The molecular weight excluding hydrogens is 598 g/mol. The first-order valence-electron chi connectivity index (χ1n) is 15.9. The van der Waals surface area contributed by atoms with E-state index < -0.39 is 34.3 Å². The number of anilines is 2. The molecule has 46 heavy (non-hydrogen) atoms. The summed E-state index contributed by atoms with van der Waals surface area (Å²) in [5, 5.41) is 3.32. The maximum atomic E-state index is 13.7. The molecule has 0 amide bonds. The van der Waals surface area contributed by atoms with E-state index in [0.29, 0.717) is 47.3 Å². The fourth-order valence-corrected chi connectivity index (χ4v) is 5.63. The minimum absolute atomic E-state index is 0.415. The van der Waals surface area contributed by atoms with Gasteiger partial charge >= 0.3 is 12.4 Å². The molecule has 0 aliphatic carbocycles. The summed E-state index contributed by atoms with van der Waals surface area (Å²) >= 11 is 0. The first-order chi connectivity index (χ1) is 21.2. The molecule has 1 aliphatic rings. The summed E-state index contributed by atoms with van der Waals surface area (Å²) in [6, 6.07) is 7.76. The Morgan fingerprint density at radius 1 is 0.848 bits per heavy atom. The van der Waals surface area contributed by atoms with Crippen molar-refractivity contribution in [3.05, 3.63) is 107 Å². The molecule has 0 bridgehead atoms. The van der Waals surface area contributed by atoms with Gasteiger partial charge in [0.15, 0.2) is 0 Å². The highest BCUT2D eigenvalue weighted by Gasteiger charge is 2.42. The van der Waals surface area contributed by atoms with Crippen LogP contribution in [0.15, 0.2) is 84.6 Å². The highest BCUT2D eigenvalue weighted by Crippen LogP contribution is 2.49. The molecule has 8 heteroatoms. The summed E-state index contributed by atoms with van der Waals surface area (Å²) in [5.41, 5.74) is 1.25. The van der Waals surface area contributed by atoms with Gasteiger partial charge in [-0.25, -0.2) is 0 Å². The van der Waals surface area contributed by atoms with E-state index in [1.165, 1.54) is 18.2 Å². The van der Waals surface area contributed by atoms with Gasteiger partial charge in [-0.15, -0.1) is 0 Å². The summed E-state index contributed by atoms with van der Waals surface area (Å²) in [5.74, 6) is 0.861. The monoisotopic (exact) mass is 646 g/mol. The molecule has 252 valence electrons. The largest absolute Gasteiger partial charge is 0.416 e. The van der Waals surface area contributed by atoms with Gasteiger partial charge in [-0.1, -0.05) is 86.3 Å². The quantitative estimate of drug-likeness (QED) is 0.182. The highest BCUT2D eigenvalue weighted by molar-refractivity contribution is 5.71. The maximum Gasteiger partial charge on any atom is 0.416 e. The molecule has 0 aromatic heterocycles. The van der Waals surface area contributed by atoms with Crippen molar-refractivity contribution in [3.8, 4) is 0 Å². The van der Waals surface area contributed by atoms with E-state index in [1.807, 2.05) is 45.9 Å². The molecule has 2 nitrogen and oxygen atoms in total. The Morgan fingerprint density at radius 2 is 1.43 bits per heavy atom. The third-order valence-electron chi connectivity index (χ3n) is 8.78. The van der Waals surface area contributed by atoms with Crippen LogP contribution in [0.1, 0.15) is 90.5 Å². The molecule has 0 saturated heterocycles. The minimum atomic E-state index is -4.47. The van der Waals surface area contributed by atoms with Gasteiger partial charge in [-0.05, 0) is 83.9 Å². The average Bonchev–Trinajstić information content (AvgIpc) is 3.15. The molecule has 1 heterocycles. The van der Waals surface area contributed by atoms with Crippen molar-refractivity contribution in [1.29, 1.82) is 0 Å². The van der Waals surface area contributed by atoms with Crippen LogP contribution in [0.25, 0.3) is 0 Å². The molecule has 0 spiro atoms. The second kappa shape index (κ2) is 14.1. The number of hydrogen-bond donors (Lipinski definition) is 1. The van der Waals surface area contributed by atoms with Crippen LogP contribution in [0.4, 0.5) is 37.7 Å². The number of nitrogens with zero attached hydrogens (tertiary/aromatic N) is 1. The van der Waals surface area contributed by atoms with Crippen molar-refractivity contribution in [3.63, 3.8) is 0 Å². The van der Waals surface area contributed by atoms with Crippen LogP contribution in [-0.2, 0) is 23.2 Å². The Hall–Kier alpha value is -3.42. The lowest BCUT2D eigenvalue weighted by molar-refractivity contribution is -0.138. The maximum absolute atomic E-state index is 13.7. The highest BCUT2D eigenvalue weighted by atomic mass is 19.4. The molecule has 2 aromatic rings. The second-order valence-electron chi connectivity index (χ2n) is 14.0. The van der Waals surface area contributed by atoms with Crippen molar-refractivity contribution in [1.82, 2.24) is 0 Å². The van der Waals surface area contributed by atoms with Gasteiger partial charge < -0.3 is 10.2 Å². The van der Waals surface area contributed by atoms with E-state index in [-0.39, 0.29) is 0 Å². The third kappa shape index (κ3) is 8.68. The van der Waals surface area contributed by atoms with Crippen LogP contribution in [0.2, 0.25) is 0 Å². The number of fused-ring (bicyclic) bond motifs is 1. The Balaban J connectivity index is 1.90. The van der Waals surface area contributed by atoms with E-state index >= 15 is 0 Å². The molecule has 2 aromatic carbocycles. The minimum Gasteiger partial charge on any atom is -0.385 e. The number of hydrogen-bond acceptors (Lipinski definition) is 2. The molecule has 1 N–H and O–H groups in total. The van der Waals surface area contributed by atoms with E-state index in [1.54, 1.807) is 18.2 Å². The zero-order valence-corrected chi connectivity index (χ0v) is 28.3. The Labute approximate surface area is 271 Å².